The van der Waals surface area contributed by atoms with Crippen LogP contribution in [0.1, 0.15) is 33.2 Å². The Kier molecular flexibility index (Phi) is 7.56. The third-order valence-electron chi connectivity index (χ3n) is 3.97. The molecule has 0 aliphatic rings. The van der Waals surface area contributed by atoms with Crippen LogP contribution in [-0.2, 0) is 11.5 Å². The SMILES string of the molecule is Cc1ccc(CSCCNC(=O)c2ccccc2SCc2nc(C)no2)cc1. The van der Waals surface area contributed by atoms with Gasteiger partial charge in [-0.1, -0.05) is 47.1 Å². The fraction of sp³-hybridized carbons (Fsp3) is 0.286. The molecule has 146 valence electrons. The van der Waals surface area contributed by atoms with Crippen LogP contribution in [0.3, 0.4) is 0 Å². The lowest BCUT2D eigenvalue weighted by atomic mass is 10.2. The first kappa shape index (κ1) is 20.5. The normalized spacial score (nSPS) is 10.8. The van der Waals surface area contributed by atoms with Crippen molar-refractivity contribution >= 4 is 29.4 Å². The van der Waals surface area contributed by atoms with E-state index in [1.54, 1.807) is 6.92 Å². The summed E-state index contributed by atoms with van der Waals surface area (Å²) in [5.41, 5.74) is 3.25. The van der Waals surface area contributed by atoms with E-state index in [0.717, 1.165) is 16.4 Å². The molecule has 0 atom stereocenters. The predicted molar refractivity (Wildman–Crippen MR) is 115 cm³/mol. The molecular formula is C21H23N3O2S2. The molecule has 1 N–H and O–H groups in total. The lowest BCUT2D eigenvalue weighted by molar-refractivity contribution is 0.0953. The summed E-state index contributed by atoms with van der Waals surface area (Å²) in [7, 11) is 0. The summed E-state index contributed by atoms with van der Waals surface area (Å²) in [5.74, 6) is 3.48. The van der Waals surface area contributed by atoms with Crippen LogP contribution >= 0.6 is 23.5 Å². The molecule has 28 heavy (non-hydrogen) atoms. The number of amides is 1. The number of nitrogens with one attached hydrogen (secondary N) is 1. The van der Waals surface area contributed by atoms with Gasteiger partial charge in [0.25, 0.3) is 5.91 Å². The van der Waals surface area contributed by atoms with Gasteiger partial charge in [0.05, 0.1) is 11.3 Å². The van der Waals surface area contributed by atoms with Crippen LogP contribution in [0.25, 0.3) is 0 Å². The third kappa shape index (κ3) is 6.14. The van der Waals surface area contributed by atoms with Gasteiger partial charge in [0, 0.05) is 22.9 Å². The minimum absolute atomic E-state index is 0.0549. The van der Waals surface area contributed by atoms with Gasteiger partial charge in [0.2, 0.25) is 5.89 Å². The standard InChI is InChI=1S/C21H23N3O2S2/c1-15-7-9-17(10-8-15)13-27-12-11-22-21(25)18-5-3-4-6-19(18)28-14-20-23-16(2)24-26-20/h3-10H,11-14H2,1-2H3,(H,22,25). The number of aryl methyl sites for hydroxylation is 2. The Labute approximate surface area is 173 Å². The van der Waals surface area contributed by atoms with Crippen LogP contribution in [-0.4, -0.2) is 28.3 Å². The molecule has 0 fully saturated rings. The first-order chi connectivity index (χ1) is 13.6. The second-order valence-electron chi connectivity index (χ2n) is 6.31. The van der Waals surface area contributed by atoms with E-state index in [4.69, 9.17) is 4.52 Å². The van der Waals surface area contributed by atoms with E-state index in [-0.39, 0.29) is 5.91 Å². The van der Waals surface area contributed by atoms with E-state index in [1.807, 2.05) is 36.0 Å². The highest BCUT2D eigenvalue weighted by molar-refractivity contribution is 7.98. The monoisotopic (exact) mass is 413 g/mol. The van der Waals surface area contributed by atoms with E-state index >= 15 is 0 Å². The van der Waals surface area contributed by atoms with Crippen LogP contribution in [0.15, 0.2) is 57.9 Å². The number of carbonyl (C=O) groups is 1. The van der Waals surface area contributed by atoms with Crippen molar-refractivity contribution in [3.05, 3.63) is 76.9 Å². The van der Waals surface area contributed by atoms with Crippen molar-refractivity contribution in [3.63, 3.8) is 0 Å². The van der Waals surface area contributed by atoms with Crippen LogP contribution in [0.5, 0.6) is 0 Å². The molecule has 5 nitrogen and oxygen atoms in total. The molecule has 0 unspecified atom stereocenters. The highest BCUT2D eigenvalue weighted by Gasteiger charge is 2.12. The molecule has 3 aromatic rings. The minimum Gasteiger partial charge on any atom is -0.351 e. The zero-order chi connectivity index (χ0) is 19.8. The van der Waals surface area contributed by atoms with E-state index < -0.39 is 0 Å². The zero-order valence-corrected chi connectivity index (χ0v) is 17.6. The van der Waals surface area contributed by atoms with E-state index in [0.29, 0.717) is 29.6 Å². The average molecular weight is 414 g/mol. The summed E-state index contributed by atoms with van der Waals surface area (Å²) in [6.45, 7) is 4.51. The maximum absolute atomic E-state index is 12.6. The molecule has 0 aliphatic carbocycles. The number of hydrogen-bond acceptors (Lipinski definition) is 6. The van der Waals surface area contributed by atoms with Gasteiger partial charge in [0.15, 0.2) is 5.82 Å². The van der Waals surface area contributed by atoms with Crippen molar-refractivity contribution in [1.82, 2.24) is 15.5 Å². The van der Waals surface area contributed by atoms with Crippen LogP contribution < -0.4 is 5.32 Å². The van der Waals surface area contributed by atoms with Crippen LogP contribution in [0.2, 0.25) is 0 Å². The lowest BCUT2D eigenvalue weighted by Gasteiger charge is -2.09. The van der Waals surface area contributed by atoms with Crippen molar-refractivity contribution in [1.29, 1.82) is 0 Å². The second kappa shape index (κ2) is 10.3. The summed E-state index contributed by atoms with van der Waals surface area (Å²) in [4.78, 5) is 17.7. The van der Waals surface area contributed by atoms with Gasteiger partial charge < -0.3 is 9.84 Å². The molecule has 0 radical (unpaired) electrons. The first-order valence-corrected chi connectivity index (χ1v) is 11.2. The molecular weight excluding hydrogens is 390 g/mol. The maximum atomic E-state index is 12.6. The van der Waals surface area contributed by atoms with Gasteiger partial charge in [0.1, 0.15) is 0 Å². The number of hydrogen-bond donors (Lipinski definition) is 1. The molecule has 3 rings (SSSR count). The molecule has 1 aromatic heterocycles. The average Bonchev–Trinajstić information content (AvgIpc) is 3.13. The Morgan fingerprint density at radius 1 is 1.07 bits per heavy atom. The second-order valence-corrected chi connectivity index (χ2v) is 8.44. The fourth-order valence-electron chi connectivity index (χ4n) is 2.52. The highest BCUT2D eigenvalue weighted by atomic mass is 32.2. The van der Waals surface area contributed by atoms with Crippen LogP contribution in [0.4, 0.5) is 0 Å². The number of nitrogens with zero attached hydrogens (tertiary/aromatic N) is 2. The van der Waals surface area contributed by atoms with Gasteiger partial charge in [-0.05, 0) is 31.5 Å². The van der Waals surface area contributed by atoms with Gasteiger partial charge >= 0.3 is 0 Å². The Hall–Kier alpha value is -2.25. The number of rotatable bonds is 9. The lowest BCUT2D eigenvalue weighted by Crippen LogP contribution is -2.26. The smallest absolute Gasteiger partial charge is 0.252 e. The highest BCUT2D eigenvalue weighted by Crippen LogP contribution is 2.25. The zero-order valence-electron chi connectivity index (χ0n) is 16.0. The molecule has 0 spiro atoms. The molecule has 1 amide bonds. The summed E-state index contributed by atoms with van der Waals surface area (Å²) < 4.78 is 5.14. The summed E-state index contributed by atoms with van der Waals surface area (Å²) in [6.07, 6.45) is 0. The van der Waals surface area contributed by atoms with E-state index in [1.165, 1.54) is 22.9 Å². The molecule has 0 saturated heterocycles. The van der Waals surface area contributed by atoms with E-state index in [9.17, 15) is 4.79 Å². The Morgan fingerprint density at radius 2 is 1.86 bits per heavy atom. The van der Waals surface area contributed by atoms with E-state index in [2.05, 4.69) is 46.6 Å². The molecule has 2 aromatic carbocycles. The largest absolute Gasteiger partial charge is 0.351 e. The molecule has 7 heteroatoms. The molecule has 0 saturated carbocycles. The molecule has 0 aliphatic heterocycles. The summed E-state index contributed by atoms with van der Waals surface area (Å²) >= 11 is 3.34. The van der Waals surface area contributed by atoms with Crippen molar-refractivity contribution < 1.29 is 9.32 Å². The van der Waals surface area contributed by atoms with Crippen molar-refractivity contribution in [2.75, 3.05) is 12.3 Å². The van der Waals surface area contributed by atoms with Crippen molar-refractivity contribution in [2.24, 2.45) is 0 Å². The fourth-order valence-corrected chi connectivity index (χ4v) is 4.23. The Bertz CT molecular complexity index is 910. The first-order valence-electron chi connectivity index (χ1n) is 9.04. The molecule has 0 bridgehead atoms. The third-order valence-corrected chi connectivity index (χ3v) is 6.06. The Morgan fingerprint density at radius 3 is 2.61 bits per heavy atom. The number of thioether (sulfide) groups is 2. The summed E-state index contributed by atoms with van der Waals surface area (Å²) in [5, 5.41) is 6.80. The quantitative estimate of drug-likeness (QED) is 0.407. The van der Waals surface area contributed by atoms with Crippen LogP contribution in [0, 0.1) is 13.8 Å². The van der Waals surface area contributed by atoms with Crippen molar-refractivity contribution in [2.45, 2.75) is 30.2 Å². The van der Waals surface area contributed by atoms with Gasteiger partial charge in [-0.15, -0.1) is 11.8 Å². The number of carbonyl (C=O) groups excluding carboxylic acids is 1. The molecule has 1 heterocycles. The Balaban J connectivity index is 1.45. The van der Waals surface area contributed by atoms with Gasteiger partial charge in [-0.2, -0.15) is 16.7 Å². The summed E-state index contributed by atoms with van der Waals surface area (Å²) in [6, 6.07) is 16.1. The van der Waals surface area contributed by atoms with Crippen molar-refractivity contribution in [3.8, 4) is 0 Å². The topological polar surface area (TPSA) is 68.0 Å². The maximum Gasteiger partial charge on any atom is 0.252 e. The van der Waals surface area contributed by atoms with Gasteiger partial charge in [-0.3, -0.25) is 4.79 Å². The minimum atomic E-state index is -0.0549. The number of benzene rings is 2. The van der Waals surface area contributed by atoms with Gasteiger partial charge in [-0.25, -0.2) is 0 Å². The predicted octanol–water partition coefficient (Wildman–Crippen LogP) is 4.64. The number of aromatic nitrogens is 2.